The second-order valence-electron chi connectivity index (χ2n) is 5.16. The Morgan fingerprint density at radius 2 is 1.89 bits per heavy atom. The maximum atomic E-state index is 12.0. The quantitative estimate of drug-likeness (QED) is 0.754. The van der Waals surface area contributed by atoms with E-state index in [4.69, 9.17) is 23.2 Å². The molecule has 1 aliphatic rings. The standard InChI is InChI=1S/C15H18Cl2O/c16-13-7-6-12(15(17)10-13)9-14(18)8-11-4-2-1-3-5-11/h6-7,10-11H,1-5,8-9H2. The Morgan fingerprint density at radius 1 is 1.17 bits per heavy atom. The van der Waals surface area contributed by atoms with Gasteiger partial charge in [0, 0.05) is 22.9 Å². The van der Waals surface area contributed by atoms with Gasteiger partial charge < -0.3 is 0 Å². The summed E-state index contributed by atoms with van der Waals surface area (Å²) in [6, 6.07) is 5.34. The van der Waals surface area contributed by atoms with Crippen LogP contribution in [0, 0.1) is 5.92 Å². The van der Waals surface area contributed by atoms with Gasteiger partial charge in [-0.25, -0.2) is 0 Å². The first kappa shape index (κ1) is 13.9. The highest BCUT2D eigenvalue weighted by atomic mass is 35.5. The number of ketones is 1. The first-order chi connectivity index (χ1) is 8.65. The van der Waals surface area contributed by atoms with Gasteiger partial charge in [0.1, 0.15) is 5.78 Å². The Morgan fingerprint density at radius 3 is 2.56 bits per heavy atom. The highest BCUT2D eigenvalue weighted by Gasteiger charge is 2.17. The minimum absolute atomic E-state index is 0.297. The van der Waals surface area contributed by atoms with Gasteiger partial charge in [0.2, 0.25) is 0 Å². The summed E-state index contributed by atoms with van der Waals surface area (Å²) in [5.74, 6) is 0.892. The van der Waals surface area contributed by atoms with Crippen LogP contribution in [0.3, 0.4) is 0 Å². The molecule has 1 fully saturated rings. The lowest BCUT2D eigenvalue weighted by Gasteiger charge is -2.20. The highest BCUT2D eigenvalue weighted by Crippen LogP contribution is 2.28. The topological polar surface area (TPSA) is 17.1 Å². The van der Waals surface area contributed by atoms with Crippen molar-refractivity contribution >= 4 is 29.0 Å². The molecule has 0 unspecified atom stereocenters. The zero-order valence-electron chi connectivity index (χ0n) is 10.4. The van der Waals surface area contributed by atoms with Gasteiger partial charge in [-0.3, -0.25) is 4.79 Å². The van der Waals surface area contributed by atoms with E-state index in [1.165, 1.54) is 32.1 Å². The molecule has 2 rings (SSSR count). The van der Waals surface area contributed by atoms with Crippen LogP contribution in [0.5, 0.6) is 0 Å². The molecular formula is C15H18Cl2O. The molecule has 0 heterocycles. The predicted octanol–water partition coefficient (Wildman–Crippen LogP) is 5.08. The van der Waals surface area contributed by atoms with Crippen LogP contribution >= 0.6 is 23.2 Å². The Balaban J connectivity index is 1.90. The molecule has 98 valence electrons. The Kier molecular flexibility index (Phi) is 5.08. The molecule has 1 saturated carbocycles. The van der Waals surface area contributed by atoms with E-state index in [1.807, 2.05) is 6.07 Å². The Labute approximate surface area is 118 Å². The molecule has 0 aromatic heterocycles. The van der Waals surface area contributed by atoms with Crippen LogP contribution in [0.1, 0.15) is 44.1 Å². The average molecular weight is 285 g/mol. The minimum Gasteiger partial charge on any atom is -0.299 e. The van der Waals surface area contributed by atoms with Gasteiger partial charge in [-0.1, -0.05) is 61.4 Å². The smallest absolute Gasteiger partial charge is 0.137 e. The first-order valence-electron chi connectivity index (χ1n) is 6.61. The summed E-state index contributed by atoms with van der Waals surface area (Å²) in [5, 5.41) is 1.21. The van der Waals surface area contributed by atoms with Crippen molar-refractivity contribution in [2.24, 2.45) is 5.92 Å². The van der Waals surface area contributed by atoms with Crippen molar-refractivity contribution in [3.8, 4) is 0 Å². The van der Waals surface area contributed by atoms with Crippen molar-refractivity contribution in [1.82, 2.24) is 0 Å². The molecule has 0 bridgehead atoms. The van der Waals surface area contributed by atoms with E-state index in [0.717, 1.165) is 5.56 Å². The summed E-state index contributed by atoms with van der Waals surface area (Å²) >= 11 is 11.9. The van der Waals surface area contributed by atoms with Crippen LogP contribution in [0.25, 0.3) is 0 Å². The lowest BCUT2D eigenvalue weighted by atomic mass is 9.85. The van der Waals surface area contributed by atoms with Crippen molar-refractivity contribution < 1.29 is 4.79 Å². The molecule has 0 amide bonds. The fraction of sp³-hybridized carbons (Fsp3) is 0.533. The second-order valence-corrected chi connectivity index (χ2v) is 6.00. The minimum atomic E-state index is 0.297. The Bertz CT molecular complexity index is 423. The van der Waals surface area contributed by atoms with E-state index in [1.54, 1.807) is 12.1 Å². The SMILES string of the molecule is O=C(Cc1ccc(Cl)cc1Cl)CC1CCCCC1. The van der Waals surface area contributed by atoms with Gasteiger partial charge in [0.05, 0.1) is 0 Å². The zero-order valence-corrected chi connectivity index (χ0v) is 11.9. The van der Waals surface area contributed by atoms with E-state index >= 15 is 0 Å². The van der Waals surface area contributed by atoms with Crippen LogP contribution in [-0.2, 0) is 11.2 Å². The molecule has 0 aliphatic heterocycles. The van der Waals surface area contributed by atoms with E-state index in [-0.39, 0.29) is 0 Å². The molecule has 1 aromatic rings. The van der Waals surface area contributed by atoms with E-state index in [2.05, 4.69) is 0 Å². The molecule has 0 N–H and O–H groups in total. The summed E-state index contributed by atoms with van der Waals surface area (Å²) in [7, 11) is 0. The largest absolute Gasteiger partial charge is 0.299 e. The highest BCUT2D eigenvalue weighted by molar-refractivity contribution is 6.35. The summed E-state index contributed by atoms with van der Waals surface area (Å²) in [6.45, 7) is 0. The number of hydrogen-bond donors (Lipinski definition) is 0. The number of hydrogen-bond acceptors (Lipinski definition) is 1. The van der Waals surface area contributed by atoms with Crippen molar-refractivity contribution in [2.45, 2.75) is 44.9 Å². The van der Waals surface area contributed by atoms with Crippen LogP contribution in [0.2, 0.25) is 10.0 Å². The summed E-state index contributed by atoms with van der Waals surface area (Å²) < 4.78 is 0. The monoisotopic (exact) mass is 284 g/mol. The summed E-state index contributed by atoms with van der Waals surface area (Å²) in [6.07, 6.45) is 7.44. The van der Waals surface area contributed by atoms with Crippen molar-refractivity contribution in [3.63, 3.8) is 0 Å². The molecule has 1 aliphatic carbocycles. The van der Waals surface area contributed by atoms with Crippen LogP contribution in [0.4, 0.5) is 0 Å². The normalized spacial score (nSPS) is 16.8. The second kappa shape index (κ2) is 6.58. The predicted molar refractivity (Wildman–Crippen MR) is 76.4 cm³/mol. The van der Waals surface area contributed by atoms with Crippen molar-refractivity contribution in [2.75, 3.05) is 0 Å². The maximum absolute atomic E-state index is 12.0. The maximum Gasteiger partial charge on any atom is 0.137 e. The molecule has 0 atom stereocenters. The van der Waals surface area contributed by atoms with E-state index in [9.17, 15) is 4.79 Å². The van der Waals surface area contributed by atoms with E-state index in [0.29, 0.717) is 34.6 Å². The molecule has 0 spiro atoms. The van der Waals surface area contributed by atoms with Crippen molar-refractivity contribution in [3.05, 3.63) is 33.8 Å². The molecular weight excluding hydrogens is 267 g/mol. The number of carbonyl (C=O) groups excluding carboxylic acids is 1. The molecule has 1 aromatic carbocycles. The van der Waals surface area contributed by atoms with Gasteiger partial charge in [-0.2, -0.15) is 0 Å². The van der Waals surface area contributed by atoms with Crippen LogP contribution < -0.4 is 0 Å². The molecule has 3 heteroatoms. The van der Waals surface area contributed by atoms with Crippen LogP contribution in [-0.4, -0.2) is 5.78 Å². The van der Waals surface area contributed by atoms with E-state index < -0.39 is 0 Å². The van der Waals surface area contributed by atoms with Gasteiger partial charge in [-0.05, 0) is 23.6 Å². The average Bonchev–Trinajstić information content (AvgIpc) is 2.34. The fourth-order valence-corrected chi connectivity index (χ4v) is 3.14. The fourth-order valence-electron chi connectivity index (χ4n) is 2.66. The van der Waals surface area contributed by atoms with Crippen molar-refractivity contribution in [1.29, 1.82) is 0 Å². The number of benzene rings is 1. The lowest BCUT2D eigenvalue weighted by Crippen LogP contribution is -2.13. The first-order valence-corrected chi connectivity index (χ1v) is 7.36. The molecule has 0 radical (unpaired) electrons. The molecule has 0 saturated heterocycles. The van der Waals surface area contributed by atoms with Gasteiger partial charge >= 0.3 is 0 Å². The Hall–Kier alpha value is -0.530. The number of Topliss-reactive ketones (excluding diaryl/α,β-unsaturated/α-hetero) is 1. The van der Waals surface area contributed by atoms with Crippen LogP contribution in [0.15, 0.2) is 18.2 Å². The third-order valence-electron chi connectivity index (χ3n) is 3.64. The third-order valence-corrected chi connectivity index (χ3v) is 4.23. The molecule has 18 heavy (non-hydrogen) atoms. The zero-order chi connectivity index (χ0) is 13.0. The third kappa shape index (κ3) is 4.00. The number of rotatable bonds is 4. The summed E-state index contributed by atoms with van der Waals surface area (Å²) in [5.41, 5.74) is 0.891. The van der Waals surface area contributed by atoms with Gasteiger partial charge in [-0.15, -0.1) is 0 Å². The molecule has 1 nitrogen and oxygen atoms in total. The summed E-state index contributed by atoms with van der Waals surface area (Å²) in [4.78, 5) is 12.0. The van der Waals surface area contributed by atoms with Gasteiger partial charge in [0.15, 0.2) is 0 Å². The number of halogens is 2. The van der Waals surface area contributed by atoms with Gasteiger partial charge in [0.25, 0.3) is 0 Å². The number of carbonyl (C=O) groups is 1. The lowest BCUT2D eigenvalue weighted by molar-refractivity contribution is -0.119.